The summed E-state index contributed by atoms with van der Waals surface area (Å²) >= 11 is 0. The van der Waals surface area contributed by atoms with E-state index in [-0.39, 0.29) is 29.9 Å². The molecule has 1 aromatic heterocycles. The second-order valence-corrected chi connectivity index (χ2v) is 6.69. The van der Waals surface area contributed by atoms with Gasteiger partial charge in [-0.25, -0.2) is 4.98 Å². The molecule has 0 aliphatic carbocycles. The molecule has 1 unspecified atom stereocenters. The zero-order valence-corrected chi connectivity index (χ0v) is 17.0. The lowest BCUT2D eigenvalue weighted by molar-refractivity contribution is -0.132. The van der Waals surface area contributed by atoms with Crippen LogP contribution >= 0.6 is 12.4 Å². The Labute approximate surface area is 170 Å². The van der Waals surface area contributed by atoms with Crippen molar-refractivity contribution in [1.82, 2.24) is 14.5 Å². The number of halogens is 1. The quantitative estimate of drug-likeness (QED) is 0.743. The number of nitrogens with two attached hydrogens (primary N) is 1. The number of amides is 1. The molecule has 154 valence electrons. The van der Waals surface area contributed by atoms with E-state index in [4.69, 9.17) is 15.2 Å². The predicted octanol–water partition coefficient (Wildman–Crippen LogP) is 1.57. The number of benzene rings is 1. The van der Waals surface area contributed by atoms with Crippen LogP contribution < -0.4 is 20.8 Å². The van der Waals surface area contributed by atoms with Crippen LogP contribution in [0, 0.1) is 0 Å². The second-order valence-electron chi connectivity index (χ2n) is 6.69. The van der Waals surface area contributed by atoms with Crippen LogP contribution in [0.2, 0.25) is 0 Å². The highest BCUT2D eigenvalue weighted by Crippen LogP contribution is 2.29. The van der Waals surface area contributed by atoms with Crippen molar-refractivity contribution < 1.29 is 14.3 Å². The minimum Gasteiger partial charge on any atom is -0.493 e. The van der Waals surface area contributed by atoms with Gasteiger partial charge in [-0.15, -0.1) is 12.4 Å². The fourth-order valence-corrected chi connectivity index (χ4v) is 3.60. The largest absolute Gasteiger partial charge is 0.493 e. The first-order chi connectivity index (χ1) is 13.1. The Balaban J connectivity index is 0.00000280. The van der Waals surface area contributed by atoms with Gasteiger partial charge in [-0.2, -0.15) is 0 Å². The van der Waals surface area contributed by atoms with Crippen LogP contribution in [0.3, 0.4) is 0 Å². The first-order valence-electron chi connectivity index (χ1n) is 9.19. The van der Waals surface area contributed by atoms with Crippen LogP contribution in [0.15, 0.2) is 23.3 Å². The highest BCUT2D eigenvalue weighted by atomic mass is 35.5. The number of aromatic nitrogens is 2. The molecule has 1 fully saturated rings. The van der Waals surface area contributed by atoms with Gasteiger partial charge in [0.2, 0.25) is 5.91 Å². The van der Waals surface area contributed by atoms with Crippen molar-refractivity contribution in [3.63, 3.8) is 0 Å². The van der Waals surface area contributed by atoms with E-state index in [2.05, 4.69) is 4.98 Å². The van der Waals surface area contributed by atoms with E-state index in [9.17, 15) is 9.59 Å². The Hall–Kier alpha value is -2.32. The van der Waals surface area contributed by atoms with Gasteiger partial charge in [0.25, 0.3) is 5.56 Å². The Morgan fingerprint density at radius 2 is 2.00 bits per heavy atom. The van der Waals surface area contributed by atoms with Gasteiger partial charge >= 0.3 is 0 Å². The van der Waals surface area contributed by atoms with Crippen molar-refractivity contribution in [2.24, 2.45) is 5.73 Å². The molecule has 8 nitrogen and oxygen atoms in total. The topological polar surface area (TPSA) is 99.7 Å². The maximum absolute atomic E-state index is 12.7. The Morgan fingerprint density at radius 3 is 2.68 bits per heavy atom. The number of aryl methyl sites for hydroxylation is 1. The van der Waals surface area contributed by atoms with Gasteiger partial charge in [0, 0.05) is 38.2 Å². The fourth-order valence-electron chi connectivity index (χ4n) is 3.60. The van der Waals surface area contributed by atoms with E-state index in [1.54, 1.807) is 12.1 Å². The summed E-state index contributed by atoms with van der Waals surface area (Å²) in [4.78, 5) is 31.4. The van der Waals surface area contributed by atoms with Gasteiger partial charge in [0.15, 0.2) is 11.5 Å². The molecule has 2 aromatic rings. The second kappa shape index (κ2) is 9.75. The maximum atomic E-state index is 12.7. The molecule has 1 atom stereocenters. The third-order valence-electron chi connectivity index (χ3n) is 5.09. The number of hydrogen-bond acceptors (Lipinski definition) is 6. The Morgan fingerprint density at radius 1 is 1.29 bits per heavy atom. The van der Waals surface area contributed by atoms with E-state index in [1.165, 1.54) is 25.1 Å². The van der Waals surface area contributed by atoms with E-state index in [0.29, 0.717) is 48.3 Å². The van der Waals surface area contributed by atoms with Gasteiger partial charge in [-0.1, -0.05) is 0 Å². The number of methoxy groups -OCH3 is 2. The summed E-state index contributed by atoms with van der Waals surface area (Å²) in [6.45, 7) is 1.72. The lowest BCUT2D eigenvalue weighted by atomic mass is 10.2. The summed E-state index contributed by atoms with van der Waals surface area (Å²) in [5.41, 5.74) is 6.12. The van der Waals surface area contributed by atoms with Crippen LogP contribution in [-0.4, -0.2) is 53.7 Å². The summed E-state index contributed by atoms with van der Waals surface area (Å²) < 4.78 is 12.0. The molecule has 1 amide bonds. The van der Waals surface area contributed by atoms with Gasteiger partial charge in [0.05, 0.1) is 31.4 Å². The average molecular weight is 411 g/mol. The van der Waals surface area contributed by atoms with Crippen molar-refractivity contribution in [2.45, 2.75) is 38.3 Å². The van der Waals surface area contributed by atoms with E-state index >= 15 is 0 Å². The molecule has 0 bridgehead atoms. The van der Waals surface area contributed by atoms with Crippen molar-refractivity contribution >= 4 is 29.2 Å². The summed E-state index contributed by atoms with van der Waals surface area (Å²) in [6.07, 6.45) is 4.47. The van der Waals surface area contributed by atoms with E-state index in [0.717, 1.165) is 19.4 Å². The molecule has 0 saturated carbocycles. The van der Waals surface area contributed by atoms with Crippen LogP contribution in [0.4, 0.5) is 0 Å². The number of hydrogen-bond donors (Lipinski definition) is 1. The molecule has 1 aromatic carbocycles. The van der Waals surface area contributed by atoms with Crippen LogP contribution in [0.5, 0.6) is 11.5 Å². The molecule has 0 radical (unpaired) electrons. The van der Waals surface area contributed by atoms with E-state index < -0.39 is 0 Å². The van der Waals surface area contributed by atoms with E-state index in [1.807, 2.05) is 4.90 Å². The molecule has 28 heavy (non-hydrogen) atoms. The number of likely N-dealkylation sites (tertiary alicyclic amines) is 1. The molecule has 1 aliphatic heterocycles. The van der Waals surface area contributed by atoms with Gasteiger partial charge in [0.1, 0.15) is 0 Å². The lowest BCUT2D eigenvalue weighted by Crippen LogP contribution is -2.39. The zero-order chi connectivity index (χ0) is 19.4. The molecule has 9 heteroatoms. The monoisotopic (exact) mass is 410 g/mol. The third kappa shape index (κ3) is 4.39. The lowest BCUT2D eigenvalue weighted by Gasteiger charge is -2.23. The number of carbonyl (C=O) groups is 1. The van der Waals surface area contributed by atoms with Crippen LogP contribution in [0.25, 0.3) is 10.9 Å². The standard InChI is InChI=1S/C19H26N4O4.ClH/c1-26-16-9-14-15(10-17(16)27-2)21-12-22(19(14)25)7-4-6-18(24)23-8-3-5-13(23)11-20;/h9-10,12-13H,3-8,11,20H2,1-2H3;1H. The smallest absolute Gasteiger partial charge is 0.261 e. The highest BCUT2D eigenvalue weighted by molar-refractivity contribution is 5.85. The van der Waals surface area contributed by atoms with Crippen molar-refractivity contribution in [3.8, 4) is 11.5 Å². The maximum Gasteiger partial charge on any atom is 0.261 e. The van der Waals surface area contributed by atoms with Crippen LogP contribution in [-0.2, 0) is 11.3 Å². The van der Waals surface area contributed by atoms with Crippen molar-refractivity contribution in [2.75, 3.05) is 27.3 Å². The normalized spacial score (nSPS) is 16.1. The molecular weight excluding hydrogens is 384 g/mol. The molecular formula is C19H27ClN4O4. The van der Waals surface area contributed by atoms with Gasteiger partial charge in [-0.3, -0.25) is 14.2 Å². The zero-order valence-electron chi connectivity index (χ0n) is 16.2. The molecule has 1 saturated heterocycles. The summed E-state index contributed by atoms with van der Waals surface area (Å²) in [6, 6.07) is 3.48. The SMILES string of the molecule is COc1cc2ncn(CCCC(=O)N3CCCC3CN)c(=O)c2cc1OC.Cl. The minimum absolute atomic E-state index is 0. The minimum atomic E-state index is -0.158. The number of fused-ring (bicyclic) bond motifs is 1. The van der Waals surface area contributed by atoms with Crippen LogP contribution in [0.1, 0.15) is 25.7 Å². The molecule has 2 heterocycles. The van der Waals surface area contributed by atoms with Gasteiger partial charge < -0.3 is 20.1 Å². The molecule has 1 aliphatic rings. The first kappa shape index (κ1) is 22.0. The number of ether oxygens (including phenoxy) is 2. The fraction of sp³-hybridized carbons (Fsp3) is 0.526. The molecule has 2 N–H and O–H groups in total. The van der Waals surface area contributed by atoms with Crippen molar-refractivity contribution in [1.29, 1.82) is 0 Å². The summed E-state index contributed by atoms with van der Waals surface area (Å²) in [7, 11) is 3.06. The average Bonchev–Trinajstić information content (AvgIpc) is 3.17. The first-order valence-corrected chi connectivity index (χ1v) is 9.19. The number of nitrogens with zero attached hydrogens (tertiary/aromatic N) is 3. The van der Waals surface area contributed by atoms with Gasteiger partial charge in [-0.05, 0) is 25.3 Å². The highest BCUT2D eigenvalue weighted by Gasteiger charge is 2.26. The predicted molar refractivity (Wildman–Crippen MR) is 109 cm³/mol. The Kier molecular flexibility index (Phi) is 7.65. The summed E-state index contributed by atoms with van der Waals surface area (Å²) in [5, 5.41) is 0.462. The number of rotatable bonds is 7. The molecule has 0 spiro atoms. The Bertz CT molecular complexity index is 886. The molecule has 3 rings (SSSR count). The third-order valence-corrected chi connectivity index (χ3v) is 5.09. The van der Waals surface area contributed by atoms with Crippen molar-refractivity contribution in [3.05, 3.63) is 28.8 Å². The summed E-state index contributed by atoms with van der Waals surface area (Å²) in [5.74, 6) is 1.12. The number of carbonyl (C=O) groups excluding carboxylic acids is 1.